The van der Waals surface area contributed by atoms with Crippen molar-refractivity contribution in [1.82, 2.24) is 9.44 Å². The molecule has 0 heterocycles. The number of carboxylic acid groups (broad SMARTS) is 1. The van der Waals surface area contributed by atoms with Crippen LogP contribution in [0.5, 0.6) is 0 Å². The third-order valence-electron chi connectivity index (χ3n) is 2.79. The number of carbonyl (C=O) groups is 1. The SMILES string of the molecule is CC(C)CNS(=O)(=O)N[C@H]1CC[C@@H](C(=O)O)C1. The van der Waals surface area contributed by atoms with Gasteiger partial charge in [-0.05, 0) is 25.2 Å². The lowest BCUT2D eigenvalue weighted by Crippen LogP contribution is -2.43. The first-order chi connectivity index (χ1) is 7.80. The molecule has 1 aliphatic rings. The molecule has 0 bridgehead atoms. The highest BCUT2D eigenvalue weighted by atomic mass is 32.2. The van der Waals surface area contributed by atoms with Crippen LogP contribution in [0, 0.1) is 11.8 Å². The summed E-state index contributed by atoms with van der Waals surface area (Å²) < 4.78 is 28.1. The highest BCUT2D eigenvalue weighted by Crippen LogP contribution is 2.25. The van der Waals surface area contributed by atoms with Gasteiger partial charge in [0.25, 0.3) is 10.2 Å². The van der Waals surface area contributed by atoms with E-state index in [1.807, 2.05) is 13.8 Å². The third kappa shape index (κ3) is 5.01. The lowest BCUT2D eigenvalue weighted by molar-refractivity contribution is -0.141. The van der Waals surface area contributed by atoms with Crippen molar-refractivity contribution in [2.24, 2.45) is 11.8 Å². The first-order valence-electron chi connectivity index (χ1n) is 5.80. The van der Waals surface area contributed by atoms with Crippen molar-refractivity contribution in [1.29, 1.82) is 0 Å². The molecule has 7 heteroatoms. The largest absolute Gasteiger partial charge is 0.481 e. The van der Waals surface area contributed by atoms with Crippen molar-refractivity contribution in [3.63, 3.8) is 0 Å². The van der Waals surface area contributed by atoms with E-state index < -0.39 is 22.1 Å². The molecule has 1 rings (SSSR count). The zero-order valence-electron chi connectivity index (χ0n) is 10.1. The van der Waals surface area contributed by atoms with Gasteiger partial charge in [-0.1, -0.05) is 13.8 Å². The molecule has 6 nitrogen and oxygen atoms in total. The van der Waals surface area contributed by atoms with E-state index in [0.29, 0.717) is 25.8 Å². The number of nitrogens with one attached hydrogen (secondary N) is 2. The molecule has 0 spiro atoms. The van der Waals surface area contributed by atoms with Crippen LogP contribution in [0.2, 0.25) is 0 Å². The Morgan fingerprint density at radius 3 is 2.53 bits per heavy atom. The van der Waals surface area contributed by atoms with Crippen molar-refractivity contribution < 1.29 is 18.3 Å². The first kappa shape index (κ1) is 14.4. The molecule has 0 radical (unpaired) electrons. The zero-order valence-corrected chi connectivity index (χ0v) is 11.0. The maximum Gasteiger partial charge on any atom is 0.306 e. The molecule has 2 atom stereocenters. The van der Waals surface area contributed by atoms with Gasteiger partial charge in [0.15, 0.2) is 0 Å². The van der Waals surface area contributed by atoms with E-state index in [9.17, 15) is 13.2 Å². The van der Waals surface area contributed by atoms with Gasteiger partial charge in [0.1, 0.15) is 0 Å². The predicted molar refractivity (Wildman–Crippen MR) is 63.7 cm³/mol. The van der Waals surface area contributed by atoms with Gasteiger partial charge in [-0.2, -0.15) is 13.1 Å². The van der Waals surface area contributed by atoms with E-state index in [0.717, 1.165) is 0 Å². The van der Waals surface area contributed by atoms with Crippen molar-refractivity contribution in [3.8, 4) is 0 Å². The van der Waals surface area contributed by atoms with Crippen LogP contribution in [0.15, 0.2) is 0 Å². The molecule has 0 aromatic carbocycles. The Kier molecular flexibility index (Phi) is 4.91. The Hall–Kier alpha value is -0.660. The number of rotatable bonds is 6. The maximum absolute atomic E-state index is 11.6. The second-order valence-electron chi connectivity index (χ2n) is 4.91. The molecule has 1 aliphatic carbocycles. The van der Waals surface area contributed by atoms with Gasteiger partial charge in [-0.15, -0.1) is 0 Å². The molecule has 0 aromatic rings. The third-order valence-corrected chi connectivity index (χ3v) is 3.98. The first-order valence-corrected chi connectivity index (χ1v) is 7.28. The van der Waals surface area contributed by atoms with Crippen LogP contribution in [-0.4, -0.2) is 32.1 Å². The number of hydrogen-bond donors (Lipinski definition) is 3. The van der Waals surface area contributed by atoms with Crippen LogP contribution in [0.3, 0.4) is 0 Å². The lowest BCUT2D eigenvalue weighted by atomic mass is 10.1. The second-order valence-corrected chi connectivity index (χ2v) is 6.44. The Labute approximate surface area is 102 Å². The van der Waals surface area contributed by atoms with E-state index in [1.165, 1.54) is 0 Å². The molecule has 0 aliphatic heterocycles. The van der Waals surface area contributed by atoms with Crippen molar-refractivity contribution in [2.75, 3.05) is 6.54 Å². The van der Waals surface area contributed by atoms with Crippen LogP contribution >= 0.6 is 0 Å². The summed E-state index contributed by atoms with van der Waals surface area (Å²) in [7, 11) is -3.50. The second kappa shape index (κ2) is 5.79. The maximum atomic E-state index is 11.6. The highest BCUT2D eigenvalue weighted by Gasteiger charge is 2.31. The lowest BCUT2D eigenvalue weighted by Gasteiger charge is -2.14. The Bertz CT molecular complexity index is 367. The van der Waals surface area contributed by atoms with Gasteiger partial charge in [-0.25, -0.2) is 4.72 Å². The van der Waals surface area contributed by atoms with Crippen LogP contribution in [-0.2, 0) is 15.0 Å². The van der Waals surface area contributed by atoms with Gasteiger partial charge >= 0.3 is 5.97 Å². The fourth-order valence-electron chi connectivity index (χ4n) is 1.85. The highest BCUT2D eigenvalue weighted by molar-refractivity contribution is 7.87. The number of aliphatic carboxylic acids is 1. The minimum absolute atomic E-state index is 0.238. The van der Waals surface area contributed by atoms with Gasteiger partial charge < -0.3 is 5.11 Å². The van der Waals surface area contributed by atoms with Crippen molar-refractivity contribution >= 4 is 16.2 Å². The molecule has 1 fully saturated rings. The summed E-state index contributed by atoms with van der Waals surface area (Å²) in [6.45, 7) is 4.21. The van der Waals surface area contributed by atoms with Crippen LogP contribution in [0.25, 0.3) is 0 Å². The fourth-order valence-corrected chi connectivity index (χ4v) is 3.14. The summed E-state index contributed by atoms with van der Waals surface area (Å²) in [6, 6.07) is -0.263. The standard InChI is InChI=1S/C10H20N2O4S/c1-7(2)6-11-17(15,16)12-9-4-3-8(5-9)10(13)14/h7-9,11-12H,3-6H2,1-2H3,(H,13,14)/t8-,9+/m1/s1. The van der Waals surface area contributed by atoms with Crippen molar-refractivity contribution in [2.45, 2.75) is 39.2 Å². The van der Waals surface area contributed by atoms with Gasteiger partial charge in [0.2, 0.25) is 0 Å². The Balaban J connectivity index is 2.42. The van der Waals surface area contributed by atoms with Crippen LogP contribution in [0.4, 0.5) is 0 Å². The average molecular weight is 264 g/mol. The van der Waals surface area contributed by atoms with Crippen LogP contribution in [0.1, 0.15) is 33.1 Å². The van der Waals surface area contributed by atoms with Gasteiger partial charge in [-0.3, -0.25) is 4.79 Å². The summed E-state index contributed by atoms with van der Waals surface area (Å²) >= 11 is 0. The number of hydrogen-bond acceptors (Lipinski definition) is 3. The monoisotopic (exact) mass is 264 g/mol. The minimum atomic E-state index is -3.50. The van der Waals surface area contributed by atoms with Crippen LogP contribution < -0.4 is 9.44 Å². The van der Waals surface area contributed by atoms with E-state index in [2.05, 4.69) is 9.44 Å². The molecule has 0 saturated heterocycles. The van der Waals surface area contributed by atoms with E-state index in [-0.39, 0.29) is 12.0 Å². The Morgan fingerprint density at radius 2 is 2.06 bits per heavy atom. The predicted octanol–water partition coefficient (Wildman–Crippen LogP) is 0.320. The van der Waals surface area contributed by atoms with Crippen molar-refractivity contribution in [3.05, 3.63) is 0 Å². The van der Waals surface area contributed by atoms with Gasteiger partial charge in [0, 0.05) is 12.6 Å². The summed E-state index contributed by atoms with van der Waals surface area (Å²) in [5.74, 6) is -1.03. The summed E-state index contributed by atoms with van der Waals surface area (Å²) in [6.07, 6.45) is 1.49. The fraction of sp³-hybridized carbons (Fsp3) is 0.900. The molecular formula is C10H20N2O4S. The number of carboxylic acids is 1. The summed E-state index contributed by atoms with van der Waals surface area (Å²) in [4.78, 5) is 10.7. The molecule has 17 heavy (non-hydrogen) atoms. The normalized spacial score (nSPS) is 25.4. The molecule has 100 valence electrons. The Morgan fingerprint density at radius 1 is 1.41 bits per heavy atom. The molecule has 3 N–H and O–H groups in total. The topological polar surface area (TPSA) is 95.5 Å². The molecule has 0 amide bonds. The quantitative estimate of drug-likeness (QED) is 0.644. The summed E-state index contributed by atoms with van der Waals surface area (Å²) in [5.41, 5.74) is 0. The average Bonchev–Trinajstić information content (AvgIpc) is 2.63. The molecule has 0 unspecified atom stereocenters. The van der Waals surface area contributed by atoms with Gasteiger partial charge in [0.05, 0.1) is 5.92 Å². The minimum Gasteiger partial charge on any atom is -0.481 e. The van der Waals surface area contributed by atoms with E-state index in [1.54, 1.807) is 0 Å². The molecule has 0 aromatic heterocycles. The summed E-state index contributed by atoms with van der Waals surface area (Å²) in [5, 5.41) is 8.81. The molecular weight excluding hydrogens is 244 g/mol. The zero-order chi connectivity index (χ0) is 13.1. The molecule has 1 saturated carbocycles. The van der Waals surface area contributed by atoms with E-state index >= 15 is 0 Å². The smallest absolute Gasteiger partial charge is 0.306 e. The van der Waals surface area contributed by atoms with E-state index in [4.69, 9.17) is 5.11 Å².